The second-order valence-electron chi connectivity index (χ2n) is 7.19. The molecule has 1 atom stereocenters. The van der Waals surface area contributed by atoms with Gasteiger partial charge < -0.3 is 15.0 Å². The maximum atomic E-state index is 12.3. The third-order valence-electron chi connectivity index (χ3n) is 4.75. The quantitative estimate of drug-likeness (QED) is 0.807. The number of rotatable bonds is 6. The van der Waals surface area contributed by atoms with Gasteiger partial charge in [0.15, 0.2) is 0 Å². The predicted molar refractivity (Wildman–Crippen MR) is 87.6 cm³/mol. The molecule has 21 heavy (non-hydrogen) atoms. The number of hydrogen-bond acceptors (Lipinski definition) is 3. The van der Waals surface area contributed by atoms with E-state index in [0.717, 1.165) is 45.2 Å². The molecule has 0 aliphatic carbocycles. The maximum absolute atomic E-state index is 12.3. The fourth-order valence-electron chi connectivity index (χ4n) is 3.07. The lowest BCUT2D eigenvalue weighted by Gasteiger charge is -2.35. The summed E-state index contributed by atoms with van der Waals surface area (Å²) in [5.74, 6) is 0. The highest BCUT2D eigenvalue weighted by molar-refractivity contribution is 5.69. The van der Waals surface area contributed by atoms with Crippen LogP contribution in [0.15, 0.2) is 0 Å². The van der Waals surface area contributed by atoms with Crippen LogP contribution in [0.5, 0.6) is 0 Å². The molecule has 1 N–H and O–H groups in total. The molecule has 1 aliphatic heterocycles. The summed E-state index contributed by atoms with van der Waals surface area (Å²) in [5.41, 5.74) is -0.208. The molecule has 0 aromatic carbocycles. The average Bonchev–Trinajstić information content (AvgIpc) is 2.88. The largest absolute Gasteiger partial charge is 0.444 e. The van der Waals surface area contributed by atoms with Crippen molar-refractivity contribution in [2.75, 3.05) is 13.1 Å². The first-order valence-electron chi connectivity index (χ1n) is 8.51. The lowest BCUT2D eigenvalue weighted by molar-refractivity contribution is 0.0219. The molecule has 0 bridgehead atoms. The molecule has 0 aromatic heterocycles. The molecular weight excluding hydrogens is 264 g/mol. The van der Waals surface area contributed by atoms with Gasteiger partial charge in [0.2, 0.25) is 0 Å². The SMILES string of the molecule is CCC(CC)(CC)NCC1CCCN1C(=O)OC(C)(C)C. The normalized spacial score (nSPS) is 19.9. The van der Waals surface area contributed by atoms with E-state index in [-0.39, 0.29) is 17.7 Å². The topological polar surface area (TPSA) is 41.6 Å². The van der Waals surface area contributed by atoms with Crippen molar-refractivity contribution in [2.24, 2.45) is 0 Å². The van der Waals surface area contributed by atoms with Gasteiger partial charge in [-0.1, -0.05) is 20.8 Å². The number of ether oxygens (including phenoxy) is 1. The zero-order valence-electron chi connectivity index (χ0n) is 14.8. The van der Waals surface area contributed by atoms with Crippen LogP contribution in [0.25, 0.3) is 0 Å². The number of nitrogens with one attached hydrogen (secondary N) is 1. The summed E-state index contributed by atoms with van der Waals surface area (Å²) < 4.78 is 5.52. The van der Waals surface area contributed by atoms with Gasteiger partial charge in [-0.05, 0) is 52.9 Å². The highest BCUT2D eigenvalue weighted by Gasteiger charge is 2.33. The van der Waals surface area contributed by atoms with Gasteiger partial charge >= 0.3 is 6.09 Å². The van der Waals surface area contributed by atoms with Gasteiger partial charge in [-0.3, -0.25) is 0 Å². The fourth-order valence-corrected chi connectivity index (χ4v) is 3.07. The maximum Gasteiger partial charge on any atom is 0.410 e. The Morgan fingerprint density at radius 2 is 1.76 bits per heavy atom. The van der Waals surface area contributed by atoms with Crippen LogP contribution in [0.1, 0.15) is 73.6 Å². The van der Waals surface area contributed by atoms with Crippen molar-refractivity contribution in [3.05, 3.63) is 0 Å². The fraction of sp³-hybridized carbons (Fsp3) is 0.941. The van der Waals surface area contributed by atoms with Gasteiger partial charge in [0.1, 0.15) is 5.60 Å². The molecular formula is C17H34N2O2. The first kappa shape index (κ1) is 18.3. The Hall–Kier alpha value is -0.770. The molecule has 124 valence electrons. The molecule has 4 heteroatoms. The lowest BCUT2D eigenvalue weighted by atomic mass is 9.89. The molecule has 1 fully saturated rings. The standard InChI is InChI=1S/C17H34N2O2/c1-7-17(8-2,9-3)18-13-14-11-10-12-19(14)15(20)21-16(4,5)6/h14,18H,7-13H2,1-6H3. The first-order valence-corrected chi connectivity index (χ1v) is 8.51. The van der Waals surface area contributed by atoms with Crippen molar-refractivity contribution in [3.8, 4) is 0 Å². The van der Waals surface area contributed by atoms with Gasteiger partial charge in [-0.15, -0.1) is 0 Å². The summed E-state index contributed by atoms with van der Waals surface area (Å²) >= 11 is 0. The van der Waals surface area contributed by atoms with Crippen molar-refractivity contribution in [3.63, 3.8) is 0 Å². The Morgan fingerprint density at radius 1 is 1.19 bits per heavy atom. The third kappa shape index (κ3) is 5.17. The summed E-state index contributed by atoms with van der Waals surface area (Å²) in [7, 11) is 0. The van der Waals surface area contributed by atoms with Crippen molar-refractivity contribution in [1.29, 1.82) is 0 Å². The molecule has 4 nitrogen and oxygen atoms in total. The van der Waals surface area contributed by atoms with Crippen LogP contribution in [0.3, 0.4) is 0 Å². The van der Waals surface area contributed by atoms with E-state index in [2.05, 4.69) is 26.1 Å². The summed E-state index contributed by atoms with van der Waals surface area (Å²) in [5, 5.41) is 3.72. The van der Waals surface area contributed by atoms with Crippen LogP contribution in [-0.4, -0.2) is 41.3 Å². The Morgan fingerprint density at radius 3 is 2.24 bits per heavy atom. The molecule has 0 radical (unpaired) electrons. The molecule has 1 amide bonds. The second-order valence-corrected chi connectivity index (χ2v) is 7.19. The smallest absolute Gasteiger partial charge is 0.410 e. The van der Waals surface area contributed by atoms with Crippen molar-refractivity contribution < 1.29 is 9.53 Å². The summed E-state index contributed by atoms with van der Waals surface area (Å²) in [6.07, 6.45) is 5.35. The second kappa shape index (κ2) is 7.48. The van der Waals surface area contributed by atoms with Crippen molar-refractivity contribution in [1.82, 2.24) is 10.2 Å². The number of carbonyl (C=O) groups excluding carboxylic acids is 1. The highest BCUT2D eigenvalue weighted by atomic mass is 16.6. The van der Waals surface area contributed by atoms with E-state index in [1.165, 1.54) is 0 Å². The molecule has 0 aromatic rings. The van der Waals surface area contributed by atoms with Crippen LogP contribution in [-0.2, 0) is 4.74 Å². The van der Waals surface area contributed by atoms with Crippen molar-refractivity contribution in [2.45, 2.75) is 90.8 Å². The van der Waals surface area contributed by atoms with Crippen LogP contribution in [0.4, 0.5) is 4.79 Å². The van der Waals surface area contributed by atoms with Gasteiger partial charge in [0.25, 0.3) is 0 Å². The number of likely N-dealkylation sites (tertiary alicyclic amines) is 1. The van der Waals surface area contributed by atoms with Crippen LogP contribution in [0.2, 0.25) is 0 Å². The van der Waals surface area contributed by atoms with Gasteiger partial charge in [-0.25, -0.2) is 4.79 Å². The molecule has 0 spiro atoms. The van der Waals surface area contributed by atoms with Crippen LogP contribution in [0, 0.1) is 0 Å². The van der Waals surface area contributed by atoms with Crippen LogP contribution >= 0.6 is 0 Å². The average molecular weight is 298 g/mol. The van der Waals surface area contributed by atoms with Gasteiger partial charge in [-0.2, -0.15) is 0 Å². The summed E-state index contributed by atoms with van der Waals surface area (Å²) in [4.78, 5) is 14.2. The molecule has 0 saturated carbocycles. The minimum atomic E-state index is -0.419. The Bertz CT molecular complexity index is 324. The van der Waals surface area contributed by atoms with Gasteiger partial charge in [0.05, 0.1) is 0 Å². The minimum absolute atomic E-state index is 0.165. The zero-order chi connectivity index (χ0) is 16.1. The molecule has 1 saturated heterocycles. The Kier molecular flexibility index (Phi) is 6.51. The van der Waals surface area contributed by atoms with Gasteiger partial charge in [0, 0.05) is 24.7 Å². The Labute approximate surface area is 130 Å². The monoisotopic (exact) mass is 298 g/mol. The first-order chi connectivity index (χ1) is 9.77. The molecule has 1 unspecified atom stereocenters. The van der Waals surface area contributed by atoms with E-state index in [4.69, 9.17) is 4.74 Å². The summed E-state index contributed by atoms with van der Waals surface area (Å²) in [6.45, 7) is 14.2. The van der Waals surface area contributed by atoms with E-state index in [0.29, 0.717) is 0 Å². The third-order valence-corrected chi connectivity index (χ3v) is 4.75. The van der Waals surface area contributed by atoms with E-state index in [9.17, 15) is 4.79 Å². The minimum Gasteiger partial charge on any atom is -0.444 e. The predicted octanol–water partition coefficient (Wildman–Crippen LogP) is 3.94. The summed E-state index contributed by atoms with van der Waals surface area (Å²) in [6, 6.07) is 0.267. The lowest BCUT2D eigenvalue weighted by Crippen LogP contribution is -2.51. The number of nitrogens with zero attached hydrogens (tertiary/aromatic N) is 1. The van der Waals surface area contributed by atoms with Crippen LogP contribution < -0.4 is 5.32 Å². The molecule has 1 heterocycles. The number of hydrogen-bond donors (Lipinski definition) is 1. The molecule has 1 aliphatic rings. The van der Waals surface area contributed by atoms with E-state index in [1.54, 1.807) is 0 Å². The zero-order valence-corrected chi connectivity index (χ0v) is 14.8. The van der Waals surface area contributed by atoms with E-state index < -0.39 is 5.60 Å². The number of carbonyl (C=O) groups is 1. The van der Waals surface area contributed by atoms with Crippen molar-refractivity contribution >= 4 is 6.09 Å². The Balaban J connectivity index is 2.60. The van der Waals surface area contributed by atoms with E-state index in [1.807, 2.05) is 25.7 Å². The molecule has 1 rings (SSSR count). The number of amides is 1. The highest BCUT2D eigenvalue weighted by Crippen LogP contribution is 2.23. The van der Waals surface area contributed by atoms with E-state index >= 15 is 0 Å².